The van der Waals surface area contributed by atoms with E-state index in [-0.39, 0.29) is 17.8 Å². The van der Waals surface area contributed by atoms with E-state index in [4.69, 9.17) is 5.11 Å². The smallest absolute Gasteiger partial charge is 0.416 e. The van der Waals surface area contributed by atoms with Crippen LogP contribution in [-0.2, 0) is 12.7 Å². The van der Waals surface area contributed by atoms with Crippen LogP contribution in [0.1, 0.15) is 21.5 Å². The Morgan fingerprint density at radius 1 is 0.833 bits per heavy atom. The number of nitrogens with one attached hydrogen (secondary N) is 1. The predicted molar refractivity (Wildman–Crippen MR) is 130 cm³/mol. The molecule has 3 aromatic carbocycles. The second-order valence-electron chi connectivity index (χ2n) is 7.86. The number of carbonyl (C=O) groups is 2. The Morgan fingerprint density at radius 2 is 1.44 bits per heavy atom. The summed E-state index contributed by atoms with van der Waals surface area (Å²) in [6.07, 6.45) is -2.93. The number of hydrogen-bond donors (Lipinski definition) is 2. The van der Waals surface area contributed by atoms with Crippen LogP contribution in [0.2, 0.25) is 0 Å². The predicted octanol–water partition coefficient (Wildman–Crippen LogP) is 6.70. The van der Waals surface area contributed by atoms with Crippen molar-refractivity contribution >= 4 is 23.5 Å². The lowest BCUT2D eigenvalue weighted by molar-refractivity contribution is -0.137. The number of nitrogens with zero attached hydrogens (tertiary/aromatic N) is 2. The number of carboxylic acids is 1. The fraction of sp³-hybridized carbons (Fsp3) is 0.0741. The van der Waals surface area contributed by atoms with Crippen LogP contribution in [0.3, 0.4) is 0 Å². The fourth-order valence-corrected chi connectivity index (χ4v) is 3.49. The van der Waals surface area contributed by atoms with Gasteiger partial charge in [0.2, 0.25) is 0 Å². The van der Waals surface area contributed by atoms with E-state index in [1.165, 1.54) is 35.4 Å². The molecule has 0 aliphatic carbocycles. The molecule has 6 nitrogen and oxygen atoms in total. The van der Waals surface area contributed by atoms with E-state index >= 15 is 0 Å². The Kier molecular flexibility index (Phi) is 7.00. The molecule has 0 spiro atoms. The van der Waals surface area contributed by atoms with Crippen molar-refractivity contribution in [2.24, 2.45) is 0 Å². The zero-order chi connectivity index (χ0) is 25.7. The molecule has 9 heteroatoms. The second-order valence-corrected chi connectivity index (χ2v) is 7.86. The maximum Gasteiger partial charge on any atom is 0.416 e. The number of rotatable bonds is 6. The monoisotopic (exact) mass is 491 g/mol. The molecule has 4 rings (SSSR count). The van der Waals surface area contributed by atoms with Crippen LogP contribution in [0.15, 0.2) is 97.2 Å². The third-order valence-electron chi connectivity index (χ3n) is 5.39. The van der Waals surface area contributed by atoms with E-state index in [1.54, 1.807) is 30.3 Å². The van der Waals surface area contributed by atoms with E-state index in [0.29, 0.717) is 5.82 Å². The maximum absolute atomic E-state index is 13.1. The van der Waals surface area contributed by atoms with Crippen molar-refractivity contribution in [1.82, 2.24) is 4.98 Å². The Labute approximate surface area is 204 Å². The van der Waals surface area contributed by atoms with Crippen molar-refractivity contribution in [2.45, 2.75) is 12.7 Å². The highest BCUT2D eigenvalue weighted by atomic mass is 19.4. The molecule has 2 amide bonds. The number of pyridine rings is 1. The lowest BCUT2D eigenvalue weighted by Gasteiger charge is -2.22. The van der Waals surface area contributed by atoms with Gasteiger partial charge in [-0.2, -0.15) is 13.2 Å². The van der Waals surface area contributed by atoms with Crippen molar-refractivity contribution in [3.05, 3.63) is 114 Å². The van der Waals surface area contributed by atoms with Crippen molar-refractivity contribution in [3.8, 4) is 11.1 Å². The van der Waals surface area contributed by atoms with Crippen LogP contribution >= 0.6 is 0 Å². The van der Waals surface area contributed by atoms with E-state index in [1.807, 2.05) is 24.3 Å². The molecule has 0 atom stereocenters. The van der Waals surface area contributed by atoms with Crippen LogP contribution in [0.25, 0.3) is 11.1 Å². The second kappa shape index (κ2) is 10.3. The van der Waals surface area contributed by atoms with Crippen LogP contribution in [0, 0.1) is 0 Å². The van der Waals surface area contributed by atoms with Crippen molar-refractivity contribution in [2.75, 3.05) is 10.2 Å². The molecule has 0 aliphatic rings. The van der Waals surface area contributed by atoms with Gasteiger partial charge in [0.05, 0.1) is 17.7 Å². The number of anilines is 2. The first-order valence-corrected chi connectivity index (χ1v) is 10.8. The average Bonchev–Trinajstić information content (AvgIpc) is 2.88. The summed E-state index contributed by atoms with van der Waals surface area (Å²) >= 11 is 0. The number of amides is 2. The highest BCUT2D eigenvalue weighted by Gasteiger charge is 2.30. The van der Waals surface area contributed by atoms with Gasteiger partial charge in [-0.05, 0) is 65.2 Å². The van der Waals surface area contributed by atoms with Gasteiger partial charge in [-0.15, -0.1) is 0 Å². The molecule has 4 aromatic rings. The summed E-state index contributed by atoms with van der Waals surface area (Å²) in [7, 11) is 0. The molecular weight excluding hydrogens is 471 g/mol. The SMILES string of the molecule is O=C(O)c1ccc(-c2ccc(CN(C(=O)Nc3ccc(C(F)(F)F)cc3)c3ccccn3)cc2)cc1. The molecule has 36 heavy (non-hydrogen) atoms. The van der Waals surface area contributed by atoms with Gasteiger partial charge in [-0.1, -0.05) is 42.5 Å². The minimum atomic E-state index is -4.47. The Bertz CT molecular complexity index is 1340. The summed E-state index contributed by atoms with van der Waals surface area (Å²) < 4.78 is 38.5. The Balaban J connectivity index is 1.52. The zero-order valence-electron chi connectivity index (χ0n) is 18.7. The van der Waals surface area contributed by atoms with E-state index in [0.717, 1.165) is 28.8 Å². The van der Waals surface area contributed by atoms with Crippen LogP contribution < -0.4 is 10.2 Å². The molecule has 0 fully saturated rings. The fourth-order valence-electron chi connectivity index (χ4n) is 3.49. The summed E-state index contributed by atoms with van der Waals surface area (Å²) in [4.78, 5) is 29.8. The molecular formula is C27H20F3N3O3. The molecule has 0 saturated heterocycles. The zero-order valence-corrected chi connectivity index (χ0v) is 18.7. The van der Waals surface area contributed by atoms with Crippen molar-refractivity contribution < 1.29 is 27.9 Å². The standard InChI is InChI=1S/C27H20F3N3O3/c28-27(29,30)22-12-14-23(15-13-22)32-26(36)33(24-3-1-2-16-31-24)17-18-4-6-19(7-5-18)20-8-10-21(11-9-20)25(34)35/h1-16H,17H2,(H,32,36)(H,34,35). The van der Waals surface area contributed by atoms with Gasteiger partial charge < -0.3 is 10.4 Å². The quantitative estimate of drug-likeness (QED) is 0.314. The van der Waals surface area contributed by atoms with Crippen molar-refractivity contribution in [3.63, 3.8) is 0 Å². The third-order valence-corrected chi connectivity index (χ3v) is 5.39. The molecule has 0 bridgehead atoms. The first-order valence-electron chi connectivity index (χ1n) is 10.8. The number of aromatic nitrogens is 1. The maximum atomic E-state index is 13.1. The Hall–Kier alpha value is -4.66. The highest BCUT2D eigenvalue weighted by Crippen LogP contribution is 2.30. The molecule has 1 aromatic heterocycles. The number of hydrogen-bond acceptors (Lipinski definition) is 3. The van der Waals surface area contributed by atoms with Gasteiger partial charge in [0.15, 0.2) is 0 Å². The molecule has 0 aliphatic heterocycles. The summed E-state index contributed by atoms with van der Waals surface area (Å²) in [5.74, 6) is -0.628. The highest BCUT2D eigenvalue weighted by molar-refractivity contribution is 6.01. The lowest BCUT2D eigenvalue weighted by Crippen LogP contribution is -2.35. The summed E-state index contributed by atoms with van der Waals surface area (Å²) in [6.45, 7) is 0.154. The molecule has 182 valence electrons. The van der Waals surface area contributed by atoms with Gasteiger partial charge in [0, 0.05) is 11.9 Å². The summed E-state index contributed by atoms with van der Waals surface area (Å²) in [5.41, 5.74) is 2.10. The minimum absolute atomic E-state index is 0.154. The van der Waals surface area contributed by atoms with Gasteiger partial charge in [0.1, 0.15) is 5.82 Å². The van der Waals surface area contributed by atoms with Gasteiger partial charge in [-0.3, -0.25) is 4.90 Å². The summed E-state index contributed by atoms with van der Waals surface area (Å²) in [5, 5.41) is 11.7. The molecule has 0 saturated carbocycles. The normalized spacial score (nSPS) is 11.1. The first kappa shape index (κ1) is 24.5. The van der Waals surface area contributed by atoms with Gasteiger partial charge >= 0.3 is 18.2 Å². The first-order chi connectivity index (χ1) is 17.2. The Morgan fingerprint density at radius 3 is 1.97 bits per heavy atom. The van der Waals surface area contributed by atoms with E-state index < -0.39 is 23.7 Å². The number of halogens is 3. The molecule has 0 unspecified atom stereocenters. The molecule has 0 radical (unpaired) electrons. The largest absolute Gasteiger partial charge is 0.478 e. The lowest BCUT2D eigenvalue weighted by atomic mass is 10.0. The number of carboxylic acid groups (broad SMARTS) is 1. The van der Waals surface area contributed by atoms with E-state index in [2.05, 4.69) is 10.3 Å². The van der Waals surface area contributed by atoms with Gasteiger partial charge in [0.25, 0.3) is 0 Å². The van der Waals surface area contributed by atoms with Crippen molar-refractivity contribution in [1.29, 1.82) is 0 Å². The average molecular weight is 491 g/mol. The third kappa shape index (κ3) is 5.87. The number of alkyl halides is 3. The molecule has 1 heterocycles. The van der Waals surface area contributed by atoms with Crippen LogP contribution in [-0.4, -0.2) is 22.1 Å². The number of aromatic carboxylic acids is 1. The van der Waals surface area contributed by atoms with E-state index in [9.17, 15) is 22.8 Å². The number of benzene rings is 3. The van der Waals surface area contributed by atoms with Crippen LogP contribution in [0.5, 0.6) is 0 Å². The van der Waals surface area contributed by atoms with Gasteiger partial charge in [-0.25, -0.2) is 14.6 Å². The summed E-state index contributed by atoms with van der Waals surface area (Å²) in [6, 6.07) is 22.6. The minimum Gasteiger partial charge on any atom is -0.478 e. The van der Waals surface area contributed by atoms with Crippen LogP contribution in [0.4, 0.5) is 29.5 Å². The molecule has 2 N–H and O–H groups in total. The number of carbonyl (C=O) groups excluding carboxylic acids is 1. The number of urea groups is 1. The topological polar surface area (TPSA) is 82.5 Å².